The molecule has 1 aromatic carbocycles. The van der Waals surface area contributed by atoms with Crippen molar-refractivity contribution in [3.63, 3.8) is 0 Å². The fourth-order valence-electron chi connectivity index (χ4n) is 4.82. The summed E-state index contributed by atoms with van der Waals surface area (Å²) < 4.78 is 20.1. The molecule has 3 amide bonds. The summed E-state index contributed by atoms with van der Waals surface area (Å²) in [7, 11) is 0. The predicted molar refractivity (Wildman–Crippen MR) is 113 cm³/mol. The van der Waals surface area contributed by atoms with Gasteiger partial charge in [-0.2, -0.15) is 0 Å². The van der Waals surface area contributed by atoms with E-state index in [4.69, 9.17) is 4.74 Å². The molecular formula is C23H30FN3O4. The highest BCUT2D eigenvalue weighted by molar-refractivity contribution is 6.00. The van der Waals surface area contributed by atoms with Gasteiger partial charge >= 0.3 is 6.09 Å². The monoisotopic (exact) mass is 431 g/mol. The number of anilines is 1. The highest BCUT2D eigenvalue weighted by Crippen LogP contribution is 2.43. The lowest BCUT2D eigenvalue weighted by atomic mass is 9.71. The summed E-state index contributed by atoms with van der Waals surface area (Å²) in [6, 6.07) is 4.95. The van der Waals surface area contributed by atoms with Crippen LogP contribution in [0.4, 0.5) is 14.9 Å². The molecule has 3 saturated heterocycles. The second-order valence-electron chi connectivity index (χ2n) is 9.03. The molecule has 0 aromatic heterocycles. The minimum Gasteiger partial charge on any atom is -0.449 e. The van der Waals surface area contributed by atoms with Crippen LogP contribution in [0, 0.1) is 11.2 Å². The lowest BCUT2D eigenvalue weighted by Gasteiger charge is -2.54. The van der Waals surface area contributed by atoms with Gasteiger partial charge in [0.25, 0.3) is 0 Å². The molecule has 1 N–H and O–H groups in total. The van der Waals surface area contributed by atoms with Crippen molar-refractivity contribution in [2.75, 3.05) is 37.7 Å². The maximum absolute atomic E-state index is 14.8. The lowest BCUT2D eigenvalue weighted by Crippen LogP contribution is -2.61. The van der Waals surface area contributed by atoms with Gasteiger partial charge in [0, 0.05) is 38.0 Å². The van der Waals surface area contributed by atoms with Crippen molar-refractivity contribution in [1.82, 2.24) is 10.2 Å². The number of carbonyl (C=O) groups is 3. The second-order valence-corrected chi connectivity index (χ2v) is 9.03. The number of ether oxygens (including phenoxy) is 1. The second kappa shape index (κ2) is 8.85. The molecule has 0 aliphatic carbocycles. The molecule has 168 valence electrons. The van der Waals surface area contributed by atoms with Crippen molar-refractivity contribution in [3.05, 3.63) is 29.6 Å². The third kappa shape index (κ3) is 4.52. The number of halogens is 1. The van der Waals surface area contributed by atoms with Gasteiger partial charge in [0.15, 0.2) is 0 Å². The Hall–Kier alpha value is -2.64. The zero-order chi connectivity index (χ0) is 22.0. The van der Waals surface area contributed by atoms with Crippen molar-refractivity contribution >= 4 is 23.6 Å². The predicted octanol–water partition coefficient (Wildman–Crippen LogP) is 3.18. The van der Waals surface area contributed by atoms with Crippen LogP contribution in [0.3, 0.4) is 0 Å². The van der Waals surface area contributed by atoms with E-state index in [1.165, 1.54) is 6.07 Å². The van der Waals surface area contributed by atoms with Gasteiger partial charge in [-0.25, -0.2) is 9.18 Å². The highest BCUT2D eigenvalue weighted by Gasteiger charge is 2.46. The Labute approximate surface area is 181 Å². The molecule has 1 unspecified atom stereocenters. The maximum atomic E-state index is 14.8. The summed E-state index contributed by atoms with van der Waals surface area (Å²) in [5.74, 6) is -1.45. The van der Waals surface area contributed by atoms with Crippen LogP contribution in [0.1, 0.15) is 56.9 Å². The SMILES string of the molecule is CCCCOC(=O)N1CCC2(CC1)CN(c1ccc(C3CCC(=O)NC3=O)cc1F)C2. The Morgan fingerprint density at radius 1 is 1.26 bits per heavy atom. The minimum absolute atomic E-state index is 0.120. The van der Waals surface area contributed by atoms with Crippen molar-refractivity contribution in [1.29, 1.82) is 0 Å². The smallest absolute Gasteiger partial charge is 0.409 e. The molecule has 1 aromatic rings. The molecule has 8 heteroatoms. The van der Waals surface area contributed by atoms with E-state index in [0.29, 0.717) is 37.4 Å². The first-order valence-electron chi connectivity index (χ1n) is 11.2. The number of rotatable bonds is 5. The number of hydrogen-bond donors (Lipinski definition) is 1. The number of nitrogens with zero attached hydrogens (tertiary/aromatic N) is 2. The third-order valence-electron chi connectivity index (χ3n) is 6.81. The number of unbranched alkanes of at least 4 members (excludes halogenated alkanes) is 1. The number of benzene rings is 1. The number of piperidine rings is 2. The summed E-state index contributed by atoms with van der Waals surface area (Å²) >= 11 is 0. The van der Waals surface area contributed by atoms with Gasteiger partial charge in [0.1, 0.15) is 5.82 Å². The first-order valence-corrected chi connectivity index (χ1v) is 11.2. The average molecular weight is 432 g/mol. The Balaban J connectivity index is 1.31. The normalized spacial score (nSPS) is 22.8. The number of hydrogen-bond acceptors (Lipinski definition) is 5. The molecule has 4 rings (SSSR count). The first kappa shape index (κ1) is 21.6. The zero-order valence-corrected chi connectivity index (χ0v) is 18.0. The van der Waals surface area contributed by atoms with Crippen LogP contribution in [-0.4, -0.2) is 55.6 Å². The molecule has 3 aliphatic rings. The van der Waals surface area contributed by atoms with E-state index in [9.17, 15) is 18.8 Å². The summed E-state index contributed by atoms with van der Waals surface area (Å²) in [5, 5.41) is 2.32. The number of imide groups is 1. The number of amides is 3. The zero-order valence-electron chi connectivity index (χ0n) is 18.0. The summed E-state index contributed by atoms with van der Waals surface area (Å²) in [4.78, 5) is 39.3. The minimum atomic E-state index is -0.481. The van der Waals surface area contributed by atoms with Gasteiger partial charge in [-0.3, -0.25) is 14.9 Å². The van der Waals surface area contributed by atoms with Gasteiger partial charge < -0.3 is 14.5 Å². The highest BCUT2D eigenvalue weighted by atomic mass is 19.1. The van der Waals surface area contributed by atoms with E-state index < -0.39 is 5.92 Å². The van der Waals surface area contributed by atoms with E-state index in [1.54, 1.807) is 17.0 Å². The molecular weight excluding hydrogens is 401 g/mol. The van der Waals surface area contributed by atoms with Gasteiger partial charge in [-0.1, -0.05) is 19.4 Å². The van der Waals surface area contributed by atoms with E-state index in [2.05, 4.69) is 12.2 Å². The maximum Gasteiger partial charge on any atom is 0.409 e. The topological polar surface area (TPSA) is 79.0 Å². The quantitative estimate of drug-likeness (QED) is 0.572. The molecule has 1 atom stereocenters. The van der Waals surface area contributed by atoms with Crippen LogP contribution in [0.25, 0.3) is 0 Å². The van der Waals surface area contributed by atoms with Crippen LogP contribution >= 0.6 is 0 Å². The van der Waals surface area contributed by atoms with Crippen LogP contribution in [0.5, 0.6) is 0 Å². The number of carbonyl (C=O) groups excluding carboxylic acids is 3. The van der Waals surface area contributed by atoms with E-state index >= 15 is 0 Å². The van der Waals surface area contributed by atoms with Gasteiger partial charge in [0.05, 0.1) is 18.2 Å². The molecule has 1 spiro atoms. The van der Waals surface area contributed by atoms with Crippen LogP contribution in [0.2, 0.25) is 0 Å². The molecule has 0 bridgehead atoms. The van der Waals surface area contributed by atoms with Gasteiger partial charge in [-0.05, 0) is 43.4 Å². The summed E-state index contributed by atoms with van der Waals surface area (Å²) in [6.45, 7) is 5.41. The van der Waals surface area contributed by atoms with Crippen LogP contribution in [0.15, 0.2) is 18.2 Å². The molecule has 7 nitrogen and oxygen atoms in total. The molecule has 3 heterocycles. The number of nitrogens with one attached hydrogen (secondary N) is 1. The summed E-state index contributed by atoms with van der Waals surface area (Å²) in [6.07, 6.45) is 4.12. The largest absolute Gasteiger partial charge is 0.449 e. The van der Waals surface area contributed by atoms with Crippen molar-refractivity contribution < 1.29 is 23.5 Å². The molecule has 3 fully saturated rings. The summed E-state index contributed by atoms with van der Waals surface area (Å²) in [5.41, 5.74) is 1.27. The Bertz CT molecular complexity index is 858. The van der Waals surface area contributed by atoms with Crippen LogP contribution in [-0.2, 0) is 14.3 Å². The fraction of sp³-hybridized carbons (Fsp3) is 0.609. The molecule has 3 aliphatic heterocycles. The Morgan fingerprint density at radius 3 is 2.65 bits per heavy atom. The van der Waals surface area contributed by atoms with Gasteiger partial charge in [-0.15, -0.1) is 0 Å². The third-order valence-corrected chi connectivity index (χ3v) is 6.81. The Morgan fingerprint density at radius 2 is 2.00 bits per heavy atom. The fourth-order valence-corrected chi connectivity index (χ4v) is 4.82. The molecule has 31 heavy (non-hydrogen) atoms. The number of likely N-dealkylation sites (tertiary alicyclic amines) is 1. The first-order chi connectivity index (χ1) is 14.9. The van der Waals surface area contributed by atoms with Crippen molar-refractivity contribution in [3.8, 4) is 0 Å². The van der Waals surface area contributed by atoms with E-state index in [0.717, 1.165) is 38.8 Å². The van der Waals surface area contributed by atoms with Gasteiger partial charge in [0.2, 0.25) is 11.8 Å². The van der Waals surface area contributed by atoms with Crippen molar-refractivity contribution in [2.24, 2.45) is 5.41 Å². The van der Waals surface area contributed by atoms with E-state index in [-0.39, 0.29) is 35.6 Å². The van der Waals surface area contributed by atoms with Crippen LogP contribution < -0.4 is 10.2 Å². The van der Waals surface area contributed by atoms with Crippen molar-refractivity contribution in [2.45, 2.75) is 51.4 Å². The average Bonchev–Trinajstić information content (AvgIpc) is 2.72. The van der Waals surface area contributed by atoms with E-state index in [1.807, 2.05) is 4.90 Å². The Kier molecular flexibility index (Phi) is 6.16. The molecule has 0 radical (unpaired) electrons. The molecule has 0 saturated carbocycles. The lowest BCUT2D eigenvalue weighted by molar-refractivity contribution is -0.134. The standard InChI is InChI=1S/C23H30FN3O4/c1-2-3-12-31-22(30)26-10-8-23(9-11-26)14-27(15-23)19-6-4-16(13-18(19)24)17-5-7-20(28)25-21(17)29/h4,6,13,17H,2-3,5,7-12,14-15H2,1H3,(H,25,28,29).